The number of carboxylic acids is 8. The van der Waals surface area contributed by atoms with Crippen molar-refractivity contribution in [3.63, 3.8) is 0 Å². The van der Waals surface area contributed by atoms with Crippen molar-refractivity contribution in [2.45, 2.75) is 166 Å². The van der Waals surface area contributed by atoms with Gasteiger partial charge in [0.25, 0.3) is 0 Å². The van der Waals surface area contributed by atoms with E-state index in [0.717, 1.165) is 5.69 Å². The summed E-state index contributed by atoms with van der Waals surface area (Å²) in [5.74, 6) is -8.06. The molecule has 0 aromatic carbocycles. The SMILES string of the molecule is CC(C)(C)C(=O)[O-].CC(C)(C)C(=O)[O-].CC(C)(C)C(=O)[O-].CC(C)(C)C(=O)[O-].CC(C)(C)C(=O)[O-].CC(C)(C)C(=O)[O-].CC(C)(C)C(=O)[O-].CC(C)(C)C(=O)[O-].[Co+2].[Co+2].[Co+2].[Co+2].[Co+3].[O-2].[O-]CCN=Cc1ccccn1. The van der Waals surface area contributed by atoms with Gasteiger partial charge in [0.2, 0.25) is 0 Å². The predicted octanol–water partition coefficient (Wildman–Crippen LogP) is -2.01. The largest absolute Gasteiger partial charge is 3.00 e. The number of rotatable bonds is 3. The minimum Gasteiger partial charge on any atom is -2.00 e. The molecule has 436 valence electrons. The van der Waals surface area contributed by atoms with Gasteiger partial charge in [0.05, 0.1) is 5.69 Å². The van der Waals surface area contributed by atoms with Crippen molar-refractivity contribution >= 4 is 54.0 Å². The van der Waals surface area contributed by atoms with Gasteiger partial charge in [-0.2, -0.15) is 0 Å². The molecule has 25 heteroatoms. The van der Waals surface area contributed by atoms with Crippen LogP contribution in [0.3, 0.4) is 0 Å². The van der Waals surface area contributed by atoms with Crippen molar-refractivity contribution < 1.29 is 174 Å². The fourth-order valence-corrected chi connectivity index (χ4v) is 0.663. The molecule has 0 amide bonds. The van der Waals surface area contributed by atoms with Gasteiger partial charge in [0.1, 0.15) is 0 Å². The maximum Gasteiger partial charge on any atom is 3.00 e. The Hall–Kier alpha value is -2.97. The first kappa shape index (κ1) is 106. The number of pyridine rings is 1. The van der Waals surface area contributed by atoms with Crippen LogP contribution in [0.4, 0.5) is 0 Å². The summed E-state index contributed by atoms with van der Waals surface area (Å²) in [6, 6.07) is 5.56. The Morgan fingerprint density at radius 3 is 0.644 bits per heavy atom. The molecule has 0 aliphatic heterocycles. The molecular weight excluding hydrogens is 1190 g/mol. The second-order valence-electron chi connectivity index (χ2n) is 22.3. The molecule has 1 aromatic rings. The number of hydrogen-bond acceptors (Lipinski definition) is 19. The maximum atomic E-state index is 9.99. The quantitative estimate of drug-likeness (QED) is 0.295. The van der Waals surface area contributed by atoms with Crippen molar-refractivity contribution in [3.05, 3.63) is 30.1 Å². The number of aliphatic imine (C=N–C) groups is 1. The Labute approximate surface area is 487 Å². The Morgan fingerprint density at radius 1 is 0.397 bits per heavy atom. The zero-order valence-corrected chi connectivity index (χ0v) is 51.9. The zero-order valence-electron chi connectivity index (χ0n) is 46.7. The van der Waals surface area contributed by atoms with E-state index >= 15 is 0 Å². The maximum absolute atomic E-state index is 9.99. The average Bonchev–Trinajstić information content (AvgIpc) is 3.08. The van der Waals surface area contributed by atoms with Gasteiger partial charge in [-0.05, 0) is 12.1 Å². The third-order valence-electron chi connectivity index (χ3n) is 6.03. The summed E-state index contributed by atoms with van der Waals surface area (Å²) in [5, 5.41) is 89.3. The number of carboxylic acid groups (broad SMARTS) is 8. The van der Waals surface area contributed by atoms with Crippen molar-refractivity contribution in [1.82, 2.24) is 4.98 Å². The molecule has 0 spiro atoms. The van der Waals surface area contributed by atoms with Gasteiger partial charge in [-0.25, -0.2) is 0 Å². The number of carbonyl (C=O) groups is 8. The monoisotopic (exact) mass is 1270 g/mol. The van der Waals surface area contributed by atoms with Crippen LogP contribution in [-0.2, 0) is 128 Å². The number of aliphatic carboxylic acids is 8. The van der Waals surface area contributed by atoms with Gasteiger partial charge in [-0.1, -0.05) is 172 Å². The van der Waals surface area contributed by atoms with Crippen molar-refractivity contribution in [1.29, 1.82) is 0 Å². The van der Waals surface area contributed by atoms with Gasteiger partial charge in [0.15, 0.2) is 0 Å². The summed E-state index contributed by atoms with van der Waals surface area (Å²) in [6.45, 7) is 38.6. The Morgan fingerprint density at radius 2 is 0.548 bits per heavy atom. The second kappa shape index (κ2) is 48.7. The average molecular weight is 1270 g/mol. The molecule has 1 aromatic heterocycles. The molecule has 0 atom stereocenters. The third kappa shape index (κ3) is 92.1. The summed E-state index contributed by atoms with van der Waals surface area (Å²) in [6.07, 6.45) is 3.30. The molecular formula is C48H81Co5N2O18. The molecule has 4 radical (unpaired) electrons. The van der Waals surface area contributed by atoms with Crippen LogP contribution in [0, 0.1) is 43.3 Å². The molecule has 0 aliphatic carbocycles. The summed E-state index contributed by atoms with van der Waals surface area (Å²) in [5.41, 5.74) is -4.76. The topological polar surface area (TPSA) is 398 Å². The van der Waals surface area contributed by atoms with Crippen LogP contribution < -0.4 is 46.0 Å². The van der Waals surface area contributed by atoms with Gasteiger partial charge in [-0.3, -0.25) is 9.98 Å². The van der Waals surface area contributed by atoms with Crippen molar-refractivity contribution in [2.24, 2.45) is 48.3 Å². The number of aromatic nitrogens is 1. The molecule has 0 saturated carbocycles. The molecule has 1 heterocycles. The van der Waals surface area contributed by atoms with E-state index in [0.29, 0.717) is 6.54 Å². The van der Waals surface area contributed by atoms with E-state index in [4.69, 9.17) is 0 Å². The number of carbonyl (C=O) groups excluding carboxylic acids is 8. The van der Waals surface area contributed by atoms with Crippen LogP contribution in [0.5, 0.6) is 0 Å². The standard InChI is InChI=1S/C8H9N2O.8C5H10O2.5Co.O/c11-6-5-9-7-8-3-1-2-4-10-8;8*1-5(2,3)4(6)7;;;;;;/h1-4,7H,5-6H2;8*1-3H3,(H,6,7);;;;;;/q-1;;;;;;;;;4*+2;+3;-2/p-8. The van der Waals surface area contributed by atoms with Crippen LogP contribution in [0.1, 0.15) is 172 Å². The first-order valence-corrected chi connectivity index (χ1v) is 20.7. The molecule has 0 fully saturated rings. The van der Waals surface area contributed by atoms with E-state index in [1.54, 1.807) is 179 Å². The van der Waals surface area contributed by atoms with Crippen LogP contribution in [0.15, 0.2) is 29.4 Å². The summed E-state index contributed by atoms with van der Waals surface area (Å²) in [7, 11) is 0. The van der Waals surface area contributed by atoms with Crippen LogP contribution >= 0.6 is 0 Å². The van der Waals surface area contributed by atoms with Gasteiger partial charge in [0, 0.05) is 110 Å². The van der Waals surface area contributed by atoms with Crippen molar-refractivity contribution in [3.8, 4) is 0 Å². The molecule has 0 N–H and O–H groups in total. The van der Waals surface area contributed by atoms with Crippen LogP contribution in [0.25, 0.3) is 0 Å². The first-order chi connectivity index (χ1) is 29.0. The predicted molar refractivity (Wildman–Crippen MR) is 238 cm³/mol. The zero-order chi connectivity index (χ0) is 56.6. The molecule has 0 aliphatic rings. The second-order valence-corrected chi connectivity index (χ2v) is 22.3. The van der Waals surface area contributed by atoms with E-state index in [-0.39, 0.29) is 96.0 Å². The van der Waals surface area contributed by atoms with Crippen molar-refractivity contribution in [2.75, 3.05) is 13.2 Å². The Kier molecular flexibility index (Phi) is 70.9. The molecule has 73 heavy (non-hydrogen) atoms. The number of hydrogen-bond donors (Lipinski definition) is 0. The molecule has 0 unspecified atom stereocenters. The number of nitrogens with zero attached hydrogens (tertiary/aromatic N) is 2. The third-order valence-corrected chi connectivity index (χ3v) is 6.03. The molecule has 20 nitrogen and oxygen atoms in total. The Bertz CT molecular complexity index is 1350. The van der Waals surface area contributed by atoms with E-state index < -0.39 is 91.1 Å². The fourth-order valence-electron chi connectivity index (χ4n) is 0.663. The normalized spacial score (nSPS) is 10.3. The van der Waals surface area contributed by atoms with Gasteiger partial charge in [-0.15, -0.1) is 6.61 Å². The Balaban J connectivity index is -0.0000000445. The summed E-state index contributed by atoms with van der Waals surface area (Å²) >= 11 is 0. The molecule has 0 saturated heterocycles. The smallest absolute Gasteiger partial charge is 2.00 e. The molecule has 1 rings (SSSR count). The minimum absolute atomic E-state index is 0. The van der Waals surface area contributed by atoms with Crippen LogP contribution in [-0.4, -0.2) is 72.1 Å². The minimum atomic E-state index is -1.01. The first-order valence-electron chi connectivity index (χ1n) is 20.7. The van der Waals surface area contributed by atoms with E-state index in [2.05, 4.69) is 9.98 Å². The fraction of sp³-hybridized carbons (Fsp3) is 0.708. The molecule has 0 bridgehead atoms. The van der Waals surface area contributed by atoms with Gasteiger partial charge >= 0.3 is 83.9 Å². The van der Waals surface area contributed by atoms with E-state index in [1.807, 2.05) is 18.2 Å². The van der Waals surface area contributed by atoms with E-state index in [9.17, 15) is 84.3 Å². The van der Waals surface area contributed by atoms with E-state index in [1.165, 1.54) is 0 Å². The summed E-state index contributed by atoms with van der Waals surface area (Å²) in [4.78, 5) is 87.1. The van der Waals surface area contributed by atoms with Gasteiger partial charge < -0.3 is 89.8 Å². The van der Waals surface area contributed by atoms with Crippen LogP contribution in [0.2, 0.25) is 0 Å². The summed E-state index contributed by atoms with van der Waals surface area (Å²) < 4.78 is 0.